The molecule has 2 aromatic carbocycles. The van der Waals surface area contributed by atoms with E-state index in [1.54, 1.807) is 12.1 Å². The number of carbonyl (C=O) groups is 1. The summed E-state index contributed by atoms with van der Waals surface area (Å²) in [6.45, 7) is 2.00. The van der Waals surface area contributed by atoms with Crippen LogP contribution in [0.3, 0.4) is 0 Å². The average Bonchev–Trinajstić information content (AvgIpc) is 3.22. The number of nitrogens with one attached hydrogen (secondary N) is 2. The number of nitrogens with zero attached hydrogens (tertiary/aromatic N) is 3. The van der Waals surface area contributed by atoms with Crippen molar-refractivity contribution >= 4 is 28.2 Å². The monoisotopic (exact) mass is 419 g/mol. The fourth-order valence-corrected chi connectivity index (χ4v) is 3.49. The third-order valence-electron chi connectivity index (χ3n) is 4.33. The van der Waals surface area contributed by atoms with Crippen LogP contribution in [0.2, 0.25) is 0 Å². The van der Waals surface area contributed by atoms with Crippen LogP contribution in [0.4, 0.5) is 15.3 Å². The van der Waals surface area contributed by atoms with E-state index in [9.17, 15) is 9.18 Å². The van der Waals surface area contributed by atoms with Crippen molar-refractivity contribution in [1.82, 2.24) is 20.5 Å². The van der Waals surface area contributed by atoms with Crippen LogP contribution in [-0.2, 0) is 11.3 Å². The first kappa shape index (κ1) is 19.7. The minimum atomic E-state index is -0.285. The Bertz CT molecular complexity index is 1140. The molecule has 0 unspecified atom stereocenters. The molecule has 0 aliphatic carbocycles. The highest BCUT2D eigenvalue weighted by molar-refractivity contribution is 7.14. The van der Waals surface area contributed by atoms with E-state index in [0.29, 0.717) is 23.2 Å². The predicted molar refractivity (Wildman–Crippen MR) is 116 cm³/mol. The van der Waals surface area contributed by atoms with Gasteiger partial charge in [0.25, 0.3) is 0 Å². The number of aromatic nitrogens is 3. The highest BCUT2D eigenvalue weighted by Gasteiger charge is 2.07. The van der Waals surface area contributed by atoms with Crippen molar-refractivity contribution in [3.8, 4) is 22.5 Å². The van der Waals surface area contributed by atoms with E-state index < -0.39 is 0 Å². The van der Waals surface area contributed by atoms with Crippen LogP contribution in [0, 0.1) is 5.82 Å². The number of thiazole rings is 1. The number of anilines is 2. The number of benzene rings is 2. The highest BCUT2D eigenvalue weighted by atomic mass is 32.1. The number of hydrogen-bond acceptors (Lipinski definition) is 6. The van der Waals surface area contributed by atoms with E-state index in [1.165, 1.54) is 30.4 Å². The first-order valence-corrected chi connectivity index (χ1v) is 10.1. The maximum absolute atomic E-state index is 13.0. The summed E-state index contributed by atoms with van der Waals surface area (Å²) in [6, 6.07) is 17.7. The van der Waals surface area contributed by atoms with E-state index >= 15 is 0 Å². The summed E-state index contributed by atoms with van der Waals surface area (Å²) in [4.78, 5) is 15.6. The molecule has 30 heavy (non-hydrogen) atoms. The number of amides is 1. The van der Waals surface area contributed by atoms with Crippen molar-refractivity contribution in [3.63, 3.8) is 0 Å². The minimum absolute atomic E-state index is 0.0527. The van der Waals surface area contributed by atoms with Crippen LogP contribution in [0.1, 0.15) is 12.5 Å². The molecule has 0 spiro atoms. The quantitative estimate of drug-likeness (QED) is 0.470. The second kappa shape index (κ2) is 8.79. The zero-order chi connectivity index (χ0) is 20.9. The van der Waals surface area contributed by atoms with Gasteiger partial charge < -0.3 is 10.6 Å². The Morgan fingerprint density at radius 1 is 0.933 bits per heavy atom. The molecule has 150 valence electrons. The highest BCUT2D eigenvalue weighted by Crippen LogP contribution is 2.27. The third kappa shape index (κ3) is 4.84. The molecule has 0 saturated carbocycles. The summed E-state index contributed by atoms with van der Waals surface area (Å²) < 4.78 is 13.0. The van der Waals surface area contributed by atoms with Gasteiger partial charge in [-0.2, -0.15) is 0 Å². The van der Waals surface area contributed by atoms with Crippen LogP contribution in [0.5, 0.6) is 0 Å². The normalized spacial score (nSPS) is 10.6. The second-order valence-electron chi connectivity index (χ2n) is 6.58. The molecule has 2 heterocycles. The smallest absolute Gasteiger partial charge is 0.217 e. The van der Waals surface area contributed by atoms with E-state index in [0.717, 1.165) is 22.4 Å². The van der Waals surface area contributed by atoms with Crippen molar-refractivity contribution < 1.29 is 9.18 Å². The molecule has 0 bridgehead atoms. The van der Waals surface area contributed by atoms with Gasteiger partial charge in [0.15, 0.2) is 10.9 Å². The van der Waals surface area contributed by atoms with Gasteiger partial charge in [-0.3, -0.25) is 4.79 Å². The molecule has 6 nitrogen and oxygen atoms in total. The van der Waals surface area contributed by atoms with Gasteiger partial charge in [-0.15, -0.1) is 21.5 Å². The van der Waals surface area contributed by atoms with Crippen molar-refractivity contribution in [2.24, 2.45) is 0 Å². The van der Waals surface area contributed by atoms with Gasteiger partial charge in [0.1, 0.15) is 5.82 Å². The molecule has 0 radical (unpaired) electrons. The van der Waals surface area contributed by atoms with Gasteiger partial charge in [-0.1, -0.05) is 24.3 Å². The van der Waals surface area contributed by atoms with Gasteiger partial charge in [0.05, 0.1) is 11.4 Å². The first-order valence-electron chi connectivity index (χ1n) is 9.23. The molecule has 0 saturated heterocycles. The van der Waals surface area contributed by atoms with E-state index in [4.69, 9.17) is 0 Å². The Morgan fingerprint density at radius 3 is 2.30 bits per heavy atom. The summed E-state index contributed by atoms with van der Waals surface area (Å²) in [5.74, 6) is 0.238. The fraction of sp³-hybridized carbons (Fsp3) is 0.0909. The molecule has 8 heteroatoms. The molecule has 0 aliphatic rings. The van der Waals surface area contributed by atoms with Crippen LogP contribution >= 0.6 is 11.3 Å². The van der Waals surface area contributed by atoms with Gasteiger partial charge >= 0.3 is 0 Å². The topological polar surface area (TPSA) is 79.8 Å². The maximum atomic E-state index is 13.0. The number of rotatable bonds is 6. The molecule has 0 atom stereocenters. The summed E-state index contributed by atoms with van der Waals surface area (Å²) in [7, 11) is 0. The molecule has 0 aliphatic heterocycles. The lowest BCUT2D eigenvalue weighted by atomic mass is 10.1. The predicted octanol–water partition coefficient (Wildman–Crippen LogP) is 4.79. The Morgan fingerprint density at radius 2 is 1.63 bits per heavy atom. The van der Waals surface area contributed by atoms with E-state index in [1.807, 2.05) is 41.8 Å². The lowest BCUT2D eigenvalue weighted by molar-refractivity contribution is -0.119. The molecule has 0 fully saturated rings. The Hall–Kier alpha value is -3.65. The largest absolute Gasteiger partial charge is 0.352 e. The zero-order valence-electron chi connectivity index (χ0n) is 16.1. The number of carbonyl (C=O) groups excluding carboxylic acids is 1. The maximum Gasteiger partial charge on any atom is 0.217 e. The van der Waals surface area contributed by atoms with Crippen LogP contribution in [-0.4, -0.2) is 21.1 Å². The van der Waals surface area contributed by atoms with E-state index in [-0.39, 0.29) is 11.7 Å². The summed E-state index contributed by atoms with van der Waals surface area (Å²) in [5, 5.41) is 17.0. The lowest BCUT2D eigenvalue weighted by Gasteiger charge is -2.04. The minimum Gasteiger partial charge on any atom is -0.352 e. The van der Waals surface area contributed by atoms with Crippen molar-refractivity contribution in [1.29, 1.82) is 0 Å². The van der Waals surface area contributed by atoms with Crippen molar-refractivity contribution in [2.75, 3.05) is 5.32 Å². The lowest BCUT2D eigenvalue weighted by Crippen LogP contribution is -2.18. The van der Waals surface area contributed by atoms with E-state index in [2.05, 4.69) is 25.8 Å². The number of halogens is 1. The van der Waals surface area contributed by atoms with Gasteiger partial charge in [-0.05, 0) is 42.0 Å². The van der Waals surface area contributed by atoms with Gasteiger partial charge in [-0.25, -0.2) is 9.37 Å². The summed E-state index contributed by atoms with van der Waals surface area (Å²) >= 11 is 1.47. The molecule has 4 aromatic rings. The average molecular weight is 419 g/mol. The molecule has 1 amide bonds. The molecule has 4 rings (SSSR count). The van der Waals surface area contributed by atoms with Crippen LogP contribution in [0.15, 0.2) is 66.0 Å². The third-order valence-corrected chi connectivity index (χ3v) is 5.09. The molecular weight excluding hydrogens is 401 g/mol. The van der Waals surface area contributed by atoms with Crippen molar-refractivity contribution in [2.45, 2.75) is 13.5 Å². The van der Waals surface area contributed by atoms with Crippen LogP contribution < -0.4 is 10.6 Å². The van der Waals surface area contributed by atoms with Crippen molar-refractivity contribution in [3.05, 3.63) is 77.4 Å². The number of hydrogen-bond donors (Lipinski definition) is 2. The first-order chi connectivity index (χ1) is 14.6. The summed E-state index contributed by atoms with van der Waals surface area (Å²) in [6.07, 6.45) is 0. The van der Waals surface area contributed by atoms with Gasteiger partial charge in [0.2, 0.25) is 5.91 Å². The Kier molecular flexibility index (Phi) is 5.76. The zero-order valence-corrected chi connectivity index (χ0v) is 16.9. The fourth-order valence-electron chi connectivity index (χ4n) is 2.77. The standard InChI is InChI=1S/C22H18FN5OS/c1-14(29)24-12-15-2-4-17(5-3-15)20-13-30-22(25-20)26-21-11-10-19(27-28-21)16-6-8-18(23)9-7-16/h2-11,13H,12H2,1H3,(H,24,29)(H,25,26,28). The molecule has 2 N–H and O–H groups in total. The molecule has 2 aromatic heterocycles. The van der Waals surface area contributed by atoms with Crippen LogP contribution in [0.25, 0.3) is 22.5 Å². The molecular formula is C22H18FN5OS. The summed E-state index contributed by atoms with van der Waals surface area (Å²) in [5.41, 5.74) is 4.33. The SMILES string of the molecule is CC(=O)NCc1ccc(-c2csc(Nc3ccc(-c4ccc(F)cc4)nn3)n2)cc1. The second-order valence-corrected chi connectivity index (χ2v) is 7.44. The van der Waals surface area contributed by atoms with Gasteiger partial charge in [0, 0.05) is 30.0 Å². The Labute approximate surface area is 176 Å². The Balaban J connectivity index is 1.42.